The van der Waals surface area contributed by atoms with Crippen molar-refractivity contribution in [3.63, 3.8) is 0 Å². The number of nitrogens with one attached hydrogen (secondary N) is 1. The van der Waals surface area contributed by atoms with E-state index < -0.39 is 0 Å². The van der Waals surface area contributed by atoms with Crippen molar-refractivity contribution in [2.75, 3.05) is 26.2 Å². The highest BCUT2D eigenvalue weighted by molar-refractivity contribution is 8.16. The second kappa shape index (κ2) is 7.55. The van der Waals surface area contributed by atoms with Gasteiger partial charge in [0.2, 0.25) is 5.91 Å². The largest absolute Gasteiger partial charge is 0.396 e. The number of carbonyl (C=O) groups excluding carboxylic acids is 1. The third-order valence-electron chi connectivity index (χ3n) is 3.20. The van der Waals surface area contributed by atoms with Crippen LogP contribution in [0.1, 0.15) is 32.1 Å². The molecule has 6 heteroatoms. The molecule has 1 amide bonds. The number of carbonyl (C=O) groups is 1. The zero-order valence-corrected chi connectivity index (χ0v) is 11.9. The molecule has 0 aliphatic carbocycles. The number of thioether (sulfide) groups is 1. The van der Waals surface area contributed by atoms with E-state index in [0.717, 1.165) is 56.2 Å². The molecule has 19 heavy (non-hydrogen) atoms. The SMILES string of the molecule is O=C(CC1=CSC2=NCCN12)NCCCCCCO. The first-order chi connectivity index (χ1) is 9.31. The Hall–Kier alpha value is -1.01. The summed E-state index contributed by atoms with van der Waals surface area (Å²) in [7, 11) is 0. The van der Waals surface area contributed by atoms with Crippen molar-refractivity contribution < 1.29 is 9.90 Å². The molecule has 0 aromatic carbocycles. The molecule has 0 atom stereocenters. The van der Waals surface area contributed by atoms with E-state index in [0.29, 0.717) is 6.42 Å². The summed E-state index contributed by atoms with van der Waals surface area (Å²) in [5.41, 5.74) is 1.07. The smallest absolute Gasteiger partial charge is 0.225 e. The maximum Gasteiger partial charge on any atom is 0.225 e. The third-order valence-corrected chi connectivity index (χ3v) is 4.15. The van der Waals surface area contributed by atoms with Crippen LogP contribution >= 0.6 is 11.8 Å². The van der Waals surface area contributed by atoms with E-state index in [-0.39, 0.29) is 12.5 Å². The lowest BCUT2D eigenvalue weighted by atomic mass is 10.2. The van der Waals surface area contributed by atoms with Crippen molar-refractivity contribution in [3.8, 4) is 0 Å². The van der Waals surface area contributed by atoms with Crippen molar-refractivity contribution in [2.45, 2.75) is 32.1 Å². The van der Waals surface area contributed by atoms with Crippen LogP contribution in [0.3, 0.4) is 0 Å². The van der Waals surface area contributed by atoms with E-state index in [9.17, 15) is 4.79 Å². The molecule has 5 nitrogen and oxygen atoms in total. The van der Waals surface area contributed by atoms with Crippen LogP contribution in [0.4, 0.5) is 0 Å². The molecule has 0 aromatic heterocycles. The molecule has 2 N–H and O–H groups in total. The first-order valence-electron chi connectivity index (χ1n) is 6.86. The summed E-state index contributed by atoms with van der Waals surface area (Å²) in [6.07, 6.45) is 4.37. The van der Waals surface area contributed by atoms with Gasteiger partial charge in [-0.15, -0.1) is 0 Å². The summed E-state index contributed by atoms with van der Waals surface area (Å²) >= 11 is 1.61. The standard InChI is InChI=1S/C13H21N3O2S/c17-8-4-2-1-3-5-14-12(18)9-11-10-19-13-15-6-7-16(11)13/h10,17H,1-9H2,(H,14,18). The lowest BCUT2D eigenvalue weighted by Crippen LogP contribution is -2.29. The van der Waals surface area contributed by atoms with E-state index in [2.05, 4.69) is 15.2 Å². The maximum absolute atomic E-state index is 11.8. The van der Waals surface area contributed by atoms with Crippen LogP contribution in [0.2, 0.25) is 0 Å². The molecule has 0 fully saturated rings. The van der Waals surface area contributed by atoms with Gasteiger partial charge in [0, 0.05) is 25.4 Å². The van der Waals surface area contributed by atoms with E-state index in [1.54, 1.807) is 11.8 Å². The third kappa shape index (κ3) is 4.24. The average molecular weight is 283 g/mol. The number of amidine groups is 1. The van der Waals surface area contributed by atoms with Gasteiger partial charge >= 0.3 is 0 Å². The Kier molecular flexibility index (Phi) is 5.72. The second-order valence-electron chi connectivity index (χ2n) is 4.71. The zero-order valence-electron chi connectivity index (χ0n) is 11.1. The Bertz CT molecular complexity index is 382. The average Bonchev–Trinajstić information content (AvgIpc) is 2.99. The fraction of sp³-hybridized carbons (Fsp3) is 0.692. The number of aliphatic imine (C=N–C) groups is 1. The Balaban J connectivity index is 1.59. The topological polar surface area (TPSA) is 64.9 Å². The molecule has 0 unspecified atom stereocenters. The second-order valence-corrected chi connectivity index (χ2v) is 5.54. The van der Waals surface area contributed by atoms with Gasteiger partial charge in [-0.05, 0) is 18.2 Å². The molecule has 0 saturated heterocycles. The maximum atomic E-state index is 11.8. The van der Waals surface area contributed by atoms with E-state index in [4.69, 9.17) is 5.11 Å². The van der Waals surface area contributed by atoms with Crippen molar-refractivity contribution in [1.29, 1.82) is 0 Å². The monoisotopic (exact) mass is 283 g/mol. The number of fused-ring (bicyclic) bond motifs is 1. The van der Waals surface area contributed by atoms with Crippen LogP contribution in [0.15, 0.2) is 16.1 Å². The lowest BCUT2D eigenvalue weighted by Gasteiger charge is -2.16. The van der Waals surface area contributed by atoms with Crippen LogP contribution in [0.5, 0.6) is 0 Å². The number of unbranched alkanes of at least 4 members (excludes halogenated alkanes) is 3. The molecule has 2 aliphatic rings. The quantitative estimate of drug-likeness (QED) is 0.659. The van der Waals surface area contributed by atoms with E-state index in [1.165, 1.54) is 0 Å². The van der Waals surface area contributed by atoms with Crippen LogP contribution in [-0.4, -0.2) is 47.3 Å². The summed E-state index contributed by atoms with van der Waals surface area (Å²) in [6.45, 7) is 2.73. The van der Waals surface area contributed by atoms with Crippen LogP contribution in [-0.2, 0) is 4.79 Å². The number of aliphatic hydroxyl groups excluding tert-OH is 1. The number of hydrogen-bond acceptors (Lipinski definition) is 5. The van der Waals surface area contributed by atoms with Crippen molar-refractivity contribution in [3.05, 3.63) is 11.1 Å². The van der Waals surface area contributed by atoms with Gasteiger partial charge in [0.15, 0.2) is 5.17 Å². The lowest BCUT2D eigenvalue weighted by molar-refractivity contribution is -0.120. The van der Waals surface area contributed by atoms with Crippen molar-refractivity contribution >= 4 is 22.8 Å². The Morgan fingerprint density at radius 3 is 3.11 bits per heavy atom. The first kappa shape index (κ1) is 14.4. The van der Waals surface area contributed by atoms with Crippen LogP contribution < -0.4 is 5.32 Å². The van der Waals surface area contributed by atoms with Gasteiger partial charge in [-0.3, -0.25) is 9.79 Å². The highest BCUT2D eigenvalue weighted by Gasteiger charge is 2.27. The zero-order chi connectivity index (χ0) is 13.5. The van der Waals surface area contributed by atoms with E-state index >= 15 is 0 Å². The molecule has 2 rings (SSSR count). The van der Waals surface area contributed by atoms with Crippen molar-refractivity contribution in [1.82, 2.24) is 10.2 Å². The number of hydrogen-bond donors (Lipinski definition) is 2. The van der Waals surface area contributed by atoms with E-state index in [1.807, 2.05) is 5.41 Å². The number of aliphatic hydroxyl groups is 1. The minimum Gasteiger partial charge on any atom is -0.396 e. The Morgan fingerprint density at radius 2 is 2.26 bits per heavy atom. The normalized spacial score (nSPS) is 17.2. The van der Waals surface area contributed by atoms with Crippen molar-refractivity contribution in [2.24, 2.45) is 4.99 Å². The molecule has 2 heterocycles. The van der Waals surface area contributed by atoms with Gasteiger partial charge in [-0.2, -0.15) is 0 Å². The Morgan fingerprint density at radius 1 is 1.42 bits per heavy atom. The molecule has 2 aliphatic heterocycles. The molecule has 0 aromatic rings. The summed E-state index contributed by atoms with van der Waals surface area (Å²) in [4.78, 5) is 18.3. The summed E-state index contributed by atoms with van der Waals surface area (Å²) in [5.74, 6) is 0.0853. The number of rotatable bonds is 8. The van der Waals surface area contributed by atoms with Crippen LogP contribution in [0, 0.1) is 0 Å². The molecule has 0 radical (unpaired) electrons. The molecule has 106 valence electrons. The predicted molar refractivity (Wildman–Crippen MR) is 77.9 cm³/mol. The summed E-state index contributed by atoms with van der Waals surface area (Å²) in [6, 6.07) is 0. The molecule has 0 spiro atoms. The van der Waals surface area contributed by atoms with Crippen LogP contribution in [0.25, 0.3) is 0 Å². The minimum atomic E-state index is 0.0853. The van der Waals surface area contributed by atoms with Gasteiger partial charge in [-0.1, -0.05) is 24.6 Å². The fourth-order valence-corrected chi connectivity index (χ4v) is 3.11. The van der Waals surface area contributed by atoms with Gasteiger partial charge in [-0.25, -0.2) is 0 Å². The molecular formula is C13H21N3O2S. The predicted octanol–water partition coefficient (Wildman–Crippen LogP) is 1.31. The fourth-order valence-electron chi connectivity index (χ4n) is 2.16. The highest BCUT2D eigenvalue weighted by Crippen LogP contribution is 2.30. The van der Waals surface area contributed by atoms with Gasteiger partial charge in [0.05, 0.1) is 13.0 Å². The van der Waals surface area contributed by atoms with Gasteiger partial charge in [0.25, 0.3) is 0 Å². The number of nitrogens with zero attached hydrogens (tertiary/aromatic N) is 2. The first-order valence-corrected chi connectivity index (χ1v) is 7.74. The van der Waals surface area contributed by atoms with Gasteiger partial charge in [0.1, 0.15) is 0 Å². The minimum absolute atomic E-state index is 0.0853. The molecule has 0 saturated carbocycles. The molecule has 0 bridgehead atoms. The summed E-state index contributed by atoms with van der Waals surface area (Å²) < 4.78 is 0. The molecular weight excluding hydrogens is 262 g/mol. The van der Waals surface area contributed by atoms with Gasteiger partial charge < -0.3 is 15.3 Å². The highest BCUT2D eigenvalue weighted by atomic mass is 32.2. The Labute approximate surface area is 118 Å². The number of amides is 1. The summed E-state index contributed by atoms with van der Waals surface area (Å²) in [5, 5.41) is 14.7.